The van der Waals surface area contributed by atoms with Crippen LogP contribution in [-0.4, -0.2) is 32.2 Å². The van der Waals surface area contributed by atoms with E-state index in [2.05, 4.69) is 22.6 Å². The molecule has 0 heterocycles. The lowest BCUT2D eigenvalue weighted by atomic mass is 10.4. The molecule has 0 saturated carbocycles. The molecule has 16 heavy (non-hydrogen) atoms. The summed E-state index contributed by atoms with van der Waals surface area (Å²) < 4.78 is 8.86. The number of esters is 2. The summed E-state index contributed by atoms with van der Waals surface area (Å²) in [6.07, 6.45) is 0. The Morgan fingerprint density at radius 2 is 1.56 bits per heavy atom. The summed E-state index contributed by atoms with van der Waals surface area (Å²) in [7, 11) is 1.33. The van der Waals surface area contributed by atoms with Crippen LogP contribution in [0.4, 0.5) is 0 Å². The minimum atomic E-state index is -0.375. The maximum Gasteiger partial charge on any atom is 0.333 e. The number of carbonyl (C=O) groups excluding carboxylic acids is 2. The molecule has 0 fully saturated rings. The number of ether oxygens (including phenoxy) is 2. The average Bonchev–Trinajstić information content (AvgIpc) is 2.25. The normalized spacial score (nSPS) is 8.25. The minimum Gasteiger partial charge on any atom is -0.466 e. The quantitative estimate of drug-likeness (QED) is 0.570. The highest BCUT2D eigenvalue weighted by atomic mass is 16.5. The molecule has 0 spiro atoms. The molecule has 0 aliphatic carbocycles. The van der Waals surface area contributed by atoms with Crippen LogP contribution in [0.2, 0.25) is 0 Å². The summed E-state index contributed by atoms with van der Waals surface area (Å²) in [6.45, 7) is 10.6. The van der Waals surface area contributed by atoms with Gasteiger partial charge >= 0.3 is 11.9 Å². The van der Waals surface area contributed by atoms with Crippen LogP contribution in [0.15, 0.2) is 24.3 Å². The SMILES string of the molecule is C=C(C)C(=O)OC.C=C(C)C(=O)OCCN. The average molecular weight is 229 g/mol. The van der Waals surface area contributed by atoms with E-state index < -0.39 is 0 Å². The van der Waals surface area contributed by atoms with E-state index in [4.69, 9.17) is 5.73 Å². The molecular weight excluding hydrogens is 210 g/mol. The van der Waals surface area contributed by atoms with E-state index in [1.807, 2.05) is 0 Å². The lowest BCUT2D eigenvalue weighted by Gasteiger charge is -1.99. The van der Waals surface area contributed by atoms with Gasteiger partial charge in [0.15, 0.2) is 0 Å². The first kappa shape index (κ1) is 16.8. The van der Waals surface area contributed by atoms with Crippen molar-refractivity contribution in [1.82, 2.24) is 0 Å². The molecule has 0 bridgehead atoms. The lowest BCUT2D eigenvalue weighted by Crippen LogP contribution is -2.13. The first-order valence-electron chi connectivity index (χ1n) is 4.63. The largest absolute Gasteiger partial charge is 0.466 e. The van der Waals surface area contributed by atoms with Crippen LogP contribution in [0, 0.1) is 0 Å². The summed E-state index contributed by atoms with van der Waals surface area (Å²) in [5.41, 5.74) is 5.91. The van der Waals surface area contributed by atoms with Gasteiger partial charge in [-0.2, -0.15) is 0 Å². The first-order valence-corrected chi connectivity index (χ1v) is 4.63. The maximum atomic E-state index is 10.5. The standard InChI is InChI=1S/C6H11NO2.C5H8O2/c1-5(2)6(8)9-4-3-7;1-4(2)5(6)7-3/h1,3-4,7H2,2H3;1H2,2-3H3. The second kappa shape index (κ2) is 9.92. The monoisotopic (exact) mass is 229 g/mol. The fourth-order valence-corrected chi connectivity index (χ4v) is 0.449. The summed E-state index contributed by atoms with van der Waals surface area (Å²) in [4.78, 5) is 20.7. The van der Waals surface area contributed by atoms with Gasteiger partial charge in [-0.15, -0.1) is 0 Å². The maximum absolute atomic E-state index is 10.5. The van der Waals surface area contributed by atoms with Crippen molar-refractivity contribution in [2.24, 2.45) is 5.73 Å². The number of carbonyl (C=O) groups is 2. The van der Waals surface area contributed by atoms with Crippen LogP contribution < -0.4 is 5.73 Å². The van der Waals surface area contributed by atoms with Gasteiger partial charge in [0.2, 0.25) is 0 Å². The zero-order valence-corrected chi connectivity index (χ0v) is 10.0. The van der Waals surface area contributed by atoms with E-state index in [1.54, 1.807) is 13.8 Å². The van der Waals surface area contributed by atoms with Crippen molar-refractivity contribution in [2.45, 2.75) is 13.8 Å². The van der Waals surface area contributed by atoms with E-state index in [-0.39, 0.29) is 18.5 Å². The van der Waals surface area contributed by atoms with Gasteiger partial charge in [0.25, 0.3) is 0 Å². The van der Waals surface area contributed by atoms with E-state index in [1.165, 1.54) is 7.11 Å². The molecular formula is C11H19NO4. The van der Waals surface area contributed by atoms with Gasteiger partial charge in [-0.05, 0) is 13.8 Å². The van der Waals surface area contributed by atoms with Gasteiger partial charge in [0.1, 0.15) is 6.61 Å². The van der Waals surface area contributed by atoms with Crippen LogP contribution in [0.25, 0.3) is 0 Å². The van der Waals surface area contributed by atoms with E-state index in [9.17, 15) is 9.59 Å². The van der Waals surface area contributed by atoms with Gasteiger partial charge in [0, 0.05) is 17.7 Å². The van der Waals surface area contributed by atoms with Crippen molar-refractivity contribution in [3.63, 3.8) is 0 Å². The number of hydrogen-bond donors (Lipinski definition) is 1. The topological polar surface area (TPSA) is 78.6 Å². The minimum absolute atomic E-state index is 0.270. The van der Waals surface area contributed by atoms with Crippen molar-refractivity contribution in [3.8, 4) is 0 Å². The second-order valence-electron chi connectivity index (χ2n) is 2.98. The van der Waals surface area contributed by atoms with Crippen molar-refractivity contribution in [2.75, 3.05) is 20.3 Å². The molecule has 2 N–H and O–H groups in total. The Labute approximate surface area is 95.9 Å². The van der Waals surface area contributed by atoms with Gasteiger partial charge in [-0.1, -0.05) is 13.2 Å². The molecule has 0 aromatic rings. The first-order chi connectivity index (χ1) is 7.36. The Morgan fingerprint density at radius 3 is 1.75 bits per heavy atom. The van der Waals surface area contributed by atoms with Crippen molar-refractivity contribution >= 4 is 11.9 Å². The number of nitrogens with two attached hydrogens (primary N) is 1. The molecule has 0 saturated heterocycles. The number of rotatable bonds is 4. The van der Waals surface area contributed by atoms with Crippen LogP contribution in [0.5, 0.6) is 0 Å². The third kappa shape index (κ3) is 10.5. The highest BCUT2D eigenvalue weighted by Gasteiger charge is 1.99. The van der Waals surface area contributed by atoms with Crippen molar-refractivity contribution in [3.05, 3.63) is 24.3 Å². The molecule has 0 unspecified atom stereocenters. The summed E-state index contributed by atoms with van der Waals surface area (Å²) in [5.74, 6) is -0.722. The molecule has 0 rings (SSSR count). The Hall–Kier alpha value is -1.62. The zero-order chi connectivity index (χ0) is 13.1. The van der Waals surface area contributed by atoms with Crippen LogP contribution in [0.3, 0.4) is 0 Å². The summed E-state index contributed by atoms with van der Waals surface area (Å²) in [6, 6.07) is 0. The fraction of sp³-hybridized carbons (Fsp3) is 0.455. The van der Waals surface area contributed by atoms with Crippen molar-refractivity contribution < 1.29 is 19.1 Å². The predicted molar refractivity (Wildman–Crippen MR) is 61.7 cm³/mol. The summed E-state index contributed by atoms with van der Waals surface area (Å²) >= 11 is 0. The molecule has 0 aliphatic heterocycles. The van der Waals surface area contributed by atoms with Crippen LogP contribution >= 0.6 is 0 Å². The molecule has 0 aromatic carbocycles. The lowest BCUT2D eigenvalue weighted by molar-refractivity contribution is -0.138. The zero-order valence-electron chi connectivity index (χ0n) is 10.0. The molecule has 92 valence electrons. The van der Waals surface area contributed by atoms with E-state index in [0.717, 1.165) is 0 Å². The Kier molecular flexibility index (Phi) is 10.4. The third-order valence-electron chi connectivity index (χ3n) is 1.23. The Morgan fingerprint density at radius 1 is 1.12 bits per heavy atom. The highest BCUT2D eigenvalue weighted by Crippen LogP contribution is 1.89. The third-order valence-corrected chi connectivity index (χ3v) is 1.23. The smallest absolute Gasteiger partial charge is 0.333 e. The molecule has 0 amide bonds. The van der Waals surface area contributed by atoms with Gasteiger partial charge < -0.3 is 15.2 Å². The fourth-order valence-electron chi connectivity index (χ4n) is 0.449. The molecule has 0 radical (unpaired) electrons. The predicted octanol–water partition coefficient (Wildman–Crippen LogP) is 0.800. The van der Waals surface area contributed by atoms with E-state index in [0.29, 0.717) is 17.7 Å². The Bertz CT molecular complexity index is 271. The van der Waals surface area contributed by atoms with Gasteiger partial charge in [-0.3, -0.25) is 0 Å². The molecule has 5 nitrogen and oxygen atoms in total. The summed E-state index contributed by atoms with van der Waals surface area (Å²) in [5, 5.41) is 0. The number of methoxy groups -OCH3 is 1. The molecule has 0 aliphatic rings. The van der Waals surface area contributed by atoms with Crippen molar-refractivity contribution in [1.29, 1.82) is 0 Å². The Balaban J connectivity index is 0. The number of hydrogen-bond acceptors (Lipinski definition) is 5. The van der Waals surface area contributed by atoms with E-state index >= 15 is 0 Å². The second-order valence-corrected chi connectivity index (χ2v) is 2.98. The highest BCUT2D eigenvalue weighted by molar-refractivity contribution is 5.87. The van der Waals surface area contributed by atoms with Gasteiger partial charge in [0.05, 0.1) is 7.11 Å². The molecule has 0 atom stereocenters. The van der Waals surface area contributed by atoms with Crippen LogP contribution in [-0.2, 0) is 19.1 Å². The molecule has 5 heteroatoms. The molecule has 0 aromatic heterocycles. The van der Waals surface area contributed by atoms with Gasteiger partial charge in [-0.25, -0.2) is 9.59 Å². The van der Waals surface area contributed by atoms with Crippen LogP contribution in [0.1, 0.15) is 13.8 Å².